The Morgan fingerprint density at radius 3 is 2.66 bits per heavy atom. The van der Waals surface area contributed by atoms with Gasteiger partial charge in [0, 0.05) is 29.1 Å². The highest BCUT2D eigenvalue weighted by molar-refractivity contribution is 6.31. The van der Waals surface area contributed by atoms with Crippen LogP contribution in [0.2, 0.25) is 5.02 Å². The van der Waals surface area contributed by atoms with E-state index in [4.69, 9.17) is 16.0 Å². The van der Waals surface area contributed by atoms with E-state index in [0.717, 1.165) is 6.07 Å². The molecule has 1 fully saturated rings. The molecule has 0 unspecified atom stereocenters. The van der Waals surface area contributed by atoms with Crippen LogP contribution in [0.1, 0.15) is 17.4 Å². The molecule has 2 aromatic heterocycles. The number of rotatable bonds is 4. The zero-order chi connectivity index (χ0) is 23.2. The van der Waals surface area contributed by atoms with Crippen LogP contribution < -0.4 is 15.5 Å². The van der Waals surface area contributed by atoms with E-state index < -0.39 is 35.9 Å². The first-order valence-electron chi connectivity index (χ1n) is 9.44. The van der Waals surface area contributed by atoms with Crippen molar-refractivity contribution < 1.29 is 31.9 Å². The molecule has 1 aliphatic heterocycles. The maximum absolute atomic E-state index is 14.1. The molecule has 3 heterocycles. The van der Waals surface area contributed by atoms with Crippen molar-refractivity contribution in [2.45, 2.75) is 25.2 Å². The molecule has 3 N–H and O–H groups in total. The van der Waals surface area contributed by atoms with Gasteiger partial charge in [-0.05, 0) is 31.2 Å². The number of nitrogens with zero attached hydrogens (tertiary/aromatic N) is 2. The first-order chi connectivity index (χ1) is 15.0. The molecule has 1 aromatic carbocycles. The van der Waals surface area contributed by atoms with Gasteiger partial charge in [-0.15, -0.1) is 0 Å². The van der Waals surface area contributed by atoms with Crippen molar-refractivity contribution in [1.82, 2.24) is 10.3 Å². The summed E-state index contributed by atoms with van der Waals surface area (Å²) in [6.07, 6.45) is -4.06. The molecule has 0 aliphatic carbocycles. The van der Waals surface area contributed by atoms with Gasteiger partial charge < -0.3 is 25.1 Å². The standard InChI is InChI=1S/C20H17ClF4N4O3/c1-9-13-4-10(21)5-14(22)17(13)32-16(9)18(20(23,24)25)28-19(31)27-11-2-3-15(26-6-11)29-7-12(30)8-29/h2-6,12,18,30H,7-8H2,1H3,(H2,27,28,31)/t18-/m0/s1. The van der Waals surface area contributed by atoms with Crippen LogP contribution in [0.25, 0.3) is 11.0 Å². The lowest BCUT2D eigenvalue weighted by molar-refractivity contribution is -0.158. The molecule has 0 spiro atoms. The number of hydrogen-bond donors (Lipinski definition) is 3. The van der Waals surface area contributed by atoms with Gasteiger partial charge in [-0.3, -0.25) is 0 Å². The summed E-state index contributed by atoms with van der Waals surface area (Å²) in [6, 6.07) is 1.58. The monoisotopic (exact) mass is 472 g/mol. The number of alkyl halides is 3. The average molecular weight is 473 g/mol. The van der Waals surface area contributed by atoms with E-state index in [-0.39, 0.29) is 27.2 Å². The molecule has 12 heteroatoms. The van der Waals surface area contributed by atoms with Crippen LogP contribution >= 0.6 is 11.6 Å². The summed E-state index contributed by atoms with van der Waals surface area (Å²) in [4.78, 5) is 18.2. The lowest BCUT2D eigenvalue weighted by Crippen LogP contribution is -2.51. The van der Waals surface area contributed by atoms with Gasteiger partial charge in [0.2, 0.25) is 0 Å². The number of nitrogens with one attached hydrogen (secondary N) is 2. The van der Waals surface area contributed by atoms with Crippen LogP contribution in [0, 0.1) is 12.7 Å². The second kappa shape index (κ2) is 8.14. The van der Waals surface area contributed by atoms with E-state index in [1.54, 1.807) is 11.0 Å². The normalized spacial score (nSPS) is 15.5. The van der Waals surface area contributed by atoms with Crippen molar-refractivity contribution in [2.24, 2.45) is 0 Å². The number of pyridine rings is 1. The summed E-state index contributed by atoms with van der Waals surface area (Å²) in [7, 11) is 0. The third kappa shape index (κ3) is 4.30. The highest BCUT2D eigenvalue weighted by Gasteiger charge is 2.45. The molecular formula is C20H17ClF4N4O3. The van der Waals surface area contributed by atoms with Crippen molar-refractivity contribution in [2.75, 3.05) is 23.3 Å². The number of hydrogen-bond acceptors (Lipinski definition) is 5. The van der Waals surface area contributed by atoms with Crippen LogP contribution in [-0.2, 0) is 0 Å². The lowest BCUT2D eigenvalue weighted by atomic mass is 10.1. The van der Waals surface area contributed by atoms with E-state index in [9.17, 15) is 27.5 Å². The maximum Gasteiger partial charge on any atom is 0.416 e. The van der Waals surface area contributed by atoms with Gasteiger partial charge in [-0.2, -0.15) is 13.2 Å². The Labute approximate surface area is 184 Å². The number of anilines is 2. The number of β-amino-alcohol motifs (C(OH)–C–C–N with tert-alkyl or cyclic N) is 1. The molecule has 2 amide bonds. The fraction of sp³-hybridized carbons (Fsp3) is 0.300. The van der Waals surface area contributed by atoms with Gasteiger partial charge in [0.05, 0.1) is 18.0 Å². The van der Waals surface area contributed by atoms with E-state index >= 15 is 0 Å². The van der Waals surface area contributed by atoms with E-state index in [1.807, 2.05) is 5.32 Å². The number of aromatic nitrogens is 1. The molecule has 0 saturated carbocycles. The van der Waals surface area contributed by atoms with Crippen LogP contribution in [0.5, 0.6) is 0 Å². The third-order valence-electron chi connectivity index (χ3n) is 5.05. The summed E-state index contributed by atoms with van der Waals surface area (Å²) in [5.41, 5.74) is -0.214. The Hall–Kier alpha value is -3.05. The molecule has 3 aromatic rings. The molecule has 1 aliphatic rings. The number of furan rings is 1. The van der Waals surface area contributed by atoms with Crippen molar-refractivity contribution in [3.8, 4) is 0 Å². The van der Waals surface area contributed by atoms with Crippen LogP contribution in [-0.4, -0.2) is 41.5 Å². The number of amides is 2. The Kier molecular flexibility index (Phi) is 5.63. The van der Waals surface area contributed by atoms with Gasteiger partial charge in [0.1, 0.15) is 11.6 Å². The van der Waals surface area contributed by atoms with Crippen molar-refractivity contribution >= 4 is 40.1 Å². The van der Waals surface area contributed by atoms with E-state index in [1.165, 1.54) is 25.3 Å². The summed E-state index contributed by atoms with van der Waals surface area (Å²) < 4.78 is 60.5. The number of fused-ring (bicyclic) bond motifs is 1. The Bertz CT molecular complexity index is 1160. The minimum Gasteiger partial charge on any atom is -0.455 e. The maximum atomic E-state index is 14.1. The molecule has 1 atom stereocenters. The summed E-state index contributed by atoms with van der Waals surface area (Å²) in [6.45, 7) is 2.18. The second-order valence-electron chi connectivity index (χ2n) is 7.39. The van der Waals surface area contributed by atoms with Gasteiger partial charge in [-0.1, -0.05) is 11.6 Å². The first kappa shape index (κ1) is 22.2. The van der Waals surface area contributed by atoms with Crippen LogP contribution in [0.15, 0.2) is 34.9 Å². The number of aryl methyl sites for hydroxylation is 1. The summed E-state index contributed by atoms with van der Waals surface area (Å²) in [5.74, 6) is -0.991. The predicted molar refractivity (Wildman–Crippen MR) is 109 cm³/mol. The Balaban J connectivity index is 1.53. The highest BCUT2D eigenvalue weighted by atomic mass is 35.5. The van der Waals surface area contributed by atoms with Gasteiger partial charge in [0.15, 0.2) is 17.4 Å². The molecular weight excluding hydrogens is 456 g/mol. The van der Waals surface area contributed by atoms with E-state index in [2.05, 4.69) is 10.3 Å². The van der Waals surface area contributed by atoms with Gasteiger partial charge in [-0.25, -0.2) is 14.2 Å². The largest absolute Gasteiger partial charge is 0.455 e. The highest BCUT2D eigenvalue weighted by Crippen LogP contribution is 2.39. The fourth-order valence-electron chi connectivity index (χ4n) is 3.42. The summed E-state index contributed by atoms with van der Waals surface area (Å²) in [5, 5.41) is 13.5. The zero-order valence-corrected chi connectivity index (χ0v) is 17.3. The fourth-order valence-corrected chi connectivity index (χ4v) is 3.63. The van der Waals surface area contributed by atoms with Gasteiger partial charge in [0.25, 0.3) is 0 Å². The van der Waals surface area contributed by atoms with Gasteiger partial charge >= 0.3 is 12.2 Å². The molecule has 1 saturated heterocycles. The van der Waals surface area contributed by atoms with Crippen LogP contribution in [0.3, 0.4) is 0 Å². The molecule has 4 rings (SSSR count). The molecule has 7 nitrogen and oxygen atoms in total. The first-order valence-corrected chi connectivity index (χ1v) is 9.82. The number of carbonyl (C=O) groups excluding carboxylic acids is 1. The lowest BCUT2D eigenvalue weighted by Gasteiger charge is -2.36. The SMILES string of the molecule is Cc1c([C@H](NC(=O)Nc2ccc(N3CC(O)C3)nc2)C(F)(F)F)oc2c(F)cc(Cl)cc12. The smallest absolute Gasteiger partial charge is 0.416 e. The molecule has 0 bridgehead atoms. The number of aliphatic hydroxyl groups excluding tert-OH is 1. The van der Waals surface area contributed by atoms with E-state index in [0.29, 0.717) is 18.9 Å². The topological polar surface area (TPSA) is 90.6 Å². The number of urea groups is 1. The second-order valence-corrected chi connectivity index (χ2v) is 7.83. The Morgan fingerprint density at radius 2 is 2.06 bits per heavy atom. The number of halogens is 5. The summed E-state index contributed by atoms with van der Waals surface area (Å²) >= 11 is 5.79. The quantitative estimate of drug-likeness (QED) is 0.485. The van der Waals surface area contributed by atoms with Crippen molar-refractivity contribution in [3.05, 3.63) is 52.6 Å². The number of benzene rings is 1. The predicted octanol–water partition coefficient (Wildman–Crippen LogP) is 4.53. The minimum absolute atomic E-state index is 0.00314. The molecule has 170 valence electrons. The number of aliphatic hydroxyl groups is 1. The van der Waals surface area contributed by atoms with Crippen LogP contribution in [0.4, 0.5) is 33.9 Å². The third-order valence-corrected chi connectivity index (χ3v) is 5.27. The van der Waals surface area contributed by atoms with Crippen molar-refractivity contribution in [1.29, 1.82) is 0 Å². The zero-order valence-electron chi connectivity index (χ0n) is 16.5. The number of carbonyl (C=O) groups is 1. The Morgan fingerprint density at radius 1 is 1.34 bits per heavy atom. The molecule has 32 heavy (non-hydrogen) atoms. The molecule has 0 radical (unpaired) electrons. The van der Waals surface area contributed by atoms with Crippen molar-refractivity contribution in [3.63, 3.8) is 0 Å². The average Bonchev–Trinajstić information content (AvgIpc) is 3.00. The minimum atomic E-state index is -4.92.